The fourth-order valence-corrected chi connectivity index (χ4v) is 4.76. The first-order valence-corrected chi connectivity index (χ1v) is 12.3. The third kappa shape index (κ3) is 6.69. The number of ether oxygens (including phenoxy) is 2. The number of nitrogens with zero attached hydrogens (tertiary/aromatic N) is 1. The van der Waals surface area contributed by atoms with Gasteiger partial charge in [-0.1, -0.05) is 30.0 Å². The van der Waals surface area contributed by atoms with E-state index in [0.717, 1.165) is 10.1 Å². The van der Waals surface area contributed by atoms with E-state index in [4.69, 9.17) is 9.47 Å². The molecule has 1 N–H and O–H groups in total. The van der Waals surface area contributed by atoms with Crippen LogP contribution in [0.3, 0.4) is 0 Å². The lowest BCUT2D eigenvalue weighted by Gasteiger charge is -2.07. The molecule has 0 fully saturated rings. The van der Waals surface area contributed by atoms with Crippen LogP contribution in [0.1, 0.15) is 16.1 Å². The molecule has 34 heavy (non-hydrogen) atoms. The highest BCUT2D eigenvalue weighted by Crippen LogP contribution is 2.25. The molecule has 0 atom stereocenters. The number of methoxy groups -OCH3 is 1. The van der Waals surface area contributed by atoms with Gasteiger partial charge < -0.3 is 14.8 Å². The van der Waals surface area contributed by atoms with Crippen molar-refractivity contribution >= 4 is 40.5 Å². The second-order valence-electron chi connectivity index (χ2n) is 7.21. The van der Waals surface area contributed by atoms with Gasteiger partial charge in [0, 0.05) is 16.6 Å². The van der Waals surface area contributed by atoms with Crippen LogP contribution < -0.4 is 14.8 Å². The highest BCUT2D eigenvalue weighted by atomic mass is 32.2. The van der Waals surface area contributed by atoms with Gasteiger partial charge in [-0.25, -0.2) is 4.98 Å². The molecule has 0 saturated carbocycles. The molecule has 0 bridgehead atoms. The Morgan fingerprint density at radius 2 is 1.59 bits per heavy atom. The summed E-state index contributed by atoms with van der Waals surface area (Å²) in [5, 5.41) is 4.71. The lowest BCUT2D eigenvalue weighted by atomic mass is 10.1. The highest BCUT2D eigenvalue weighted by molar-refractivity contribution is 8.01. The van der Waals surface area contributed by atoms with Crippen LogP contribution in [0, 0.1) is 0 Å². The Kier molecular flexibility index (Phi) is 7.95. The molecule has 4 aromatic rings. The van der Waals surface area contributed by atoms with Gasteiger partial charge in [-0.3, -0.25) is 9.59 Å². The molecule has 4 rings (SSSR count). The molecule has 0 unspecified atom stereocenters. The van der Waals surface area contributed by atoms with E-state index in [1.807, 2.05) is 35.7 Å². The van der Waals surface area contributed by atoms with E-state index < -0.39 is 0 Å². The number of benzene rings is 3. The summed E-state index contributed by atoms with van der Waals surface area (Å²) >= 11 is 2.80. The summed E-state index contributed by atoms with van der Waals surface area (Å²) in [4.78, 5) is 29.3. The number of Topliss-reactive ketones (excluding diaryl/α,β-unsaturated/α-hetero) is 1. The monoisotopic (exact) mass is 490 g/mol. The maximum atomic E-state index is 12.4. The zero-order valence-corrected chi connectivity index (χ0v) is 20.0. The molecule has 172 valence electrons. The van der Waals surface area contributed by atoms with Gasteiger partial charge in [0.25, 0.3) is 0 Å². The van der Waals surface area contributed by atoms with Crippen LogP contribution in [0.4, 0.5) is 5.69 Å². The van der Waals surface area contributed by atoms with Gasteiger partial charge in [0.15, 0.2) is 10.1 Å². The number of aromatic nitrogens is 1. The SMILES string of the molecule is COc1ccc(C(=O)CSc2nc(CC(=O)Nc3ccc(Oc4ccccc4)cc3)cs2)cc1. The van der Waals surface area contributed by atoms with Crippen molar-refractivity contribution in [1.29, 1.82) is 0 Å². The Bertz CT molecular complexity index is 1240. The molecule has 1 aromatic heterocycles. The highest BCUT2D eigenvalue weighted by Gasteiger charge is 2.12. The first-order valence-electron chi connectivity index (χ1n) is 10.5. The van der Waals surface area contributed by atoms with Crippen molar-refractivity contribution in [2.24, 2.45) is 0 Å². The van der Waals surface area contributed by atoms with Gasteiger partial charge in [-0.2, -0.15) is 0 Å². The number of thioether (sulfide) groups is 1. The van der Waals surface area contributed by atoms with Gasteiger partial charge in [0.2, 0.25) is 5.91 Å². The quantitative estimate of drug-likeness (QED) is 0.214. The average molecular weight is 491 g/mol. The topological polar surface area (TPSA) is 77.5 Å². The van der Waals surface area contributed by atoms with Crippen LogP contribution in [0.5, 0.6) is 17.2 Å². The molecular weight excluding hydrogens is 468 g/mol. The number of para-hydroxylation sites is 1. The van der Waals surface area contributed by atoms with Crippen molar-refractivity contribution in [3.05, 3.63) is 95.5 Å². The van der Waals surface area contributed by atoms with Gasteiger partial charge in [-0.05, 0) is 60.7 Å². The summed E-state index contributed by atoms with van der Waals surface area (Å²) < 4.78 is 11.6. The Morgan fingerprint density at radius 3 is 2.29 bits per heavy atom. The van der Waals surface area contributed by atoms with Crippen LogP contribution >= 0.6 is 23.1 Å². The summed E-state index contributed by atoms with van der Waals surface area (Å²) in [6, 6.07) is 23.7. The molecule has 0 radical (unpaired) electrons. The van der Waals surface area contributed by atoms with E-state index in [1.165, 1.54) is 23.1 Å². The number of carbonyl (C=O) groups excluding carboxylic acids is 2. The fraction of sp³-hybridized carbons (Fsp3) is 0.115. The second-order valence-corrected chi connectivity index (χ2v) is 9.29. The molecular formula is C26H22N2O4S2. The maximum absolute atomic E-state index is 12.4. The van der Waals surface area contributed by atoms with Gasteiger partial charge in [0.1, 0.15) is 17.2 Å². The predicted octanol–water partition coefficient (Wildman–Crippen LogP) is 6.10. The first kappa shape index (κ1) is 23.5. The molecule has 0 spiro atoms. The van der Waals surface area contributed by atoms with Crippen molar-refractivity contribution in [2.75, 3.05) is 18.2 Å². The number of ketones is 1. The van der Waals surface area contributed by atoms with E-state index >= 15 is 0 Å². The molecule has 6 nitrogen and oxygen atoms in total. The predicted molar refractivity (Wildman–Crippen MR) is 135 cm³/mol. The summed E-state index contributed by atoms with van der Waals surface area (Å²) in [5.41, 5.74) is 1.98. The van der Waals surface area contributed by atoms with Gasteiger partial charge in [0.05, 0.1) is 25.0 Å². The van der Waals surface area contributed by atoms with Gasteiger partial charge >= 0.3 is 0 Å². The lowest BCUT2D eigenvalue weighted by molar-refractivity contribution is -0.115. The molecule has 1 heterocycles. The number of amides is 1. The number of nitrogens with one attached hydrogen (secondary N) is 1. The van der Waals surface area contributed by atoms with E-state index in [-0.39, 0.29) is 23.9 Å². The maximum Gasteiger partial charge on any atom is 0.230 e. The Hall–Kier alpha value is -3.62. The van der Waals surface area contributed by atoms with Crippen molar-refractivity contribution in [3.8, 4) is 17.2 Å². The van der Waals surface area contributed by atoms with Crippen LogP contribution in [0.25, 0.3) is 0 Å². The molecule has 8 heteroatoms. The van der Waals surface area contributed by atoms with Crippen LogP contribution in [-0.2, 0) is 11.2 Å². The lowest BCUT2D eigenvalue weighted by Crippen LogP contribution is -2.14. The molecule has 3 aromatic carbocycles. The summed E-state index contributed by atoms with van der Waals surface area (Å²) in [5.74, 6) is 2.29. The second kappa shape index (κ2) is 11.5. The fourth-order valence-electron chi connectivity index (χ4n) is 3.02. The normalized spacial score (nSPS) is 10.5. The molecule has 0 aliphatic heterocycles. The number of anilines is 1. The van der Waals surface area contributed by atoms with E-state index in [1.54, 1.807) is 55.6 Å². The Balaban J connectivity index is 1.24. The standard InChI is InChI=1S/C26H22N2O4S2/c1-31-21-11-7-18(8-12-21)24(29)17-34-26-28-20(16-33-26)15-25(30)27-19-9-13-23(14-10-19)32-22-5-3-2-4-6-22/h2-14,16H,15,17H2,1H3,(H,27,30). The van der Waals surface area contributed by atoms with Crippen molar-refractivity contribution in [1.82, 2.24) is 4.98 Å². The Morgan fingerprint density at radius 1 is 0.912 bits per heavy atom. The van der Waals surface area contributed by atoms with Crippen LogP contribution in [0.2, 0.25) is 0 Å². The minimum atomic E-state index is -0.159. The smallest absolute Gasteiger partial charge is 0.230 e. The van der Waals surface area contributed by atoms with Crippen molar-refractivity contribution in [2.45, 2.75) is 10.8 Å². The summed E-state index contributed by atoms with van der Waals surface area (Å²) in [7, 11) is 1.59. The number of rotatable bonds is 10. The van der Waals surface area contributed by atoms with Gasteiger partial charge in [-0.15, -0.1) is 11.3 Å². The number of hydrogen-bond acceptors (Lipinski definition) is 7. The summed E-state index contributed by atoms with van der Waals surface area (Å²) in [6.45, 7) is 0. The van der Waals surface area contributed by atoms with E-state index in [9.17, 15) is 9.59 Å². The molecule has 0 aliphatic carbocycles. The zero-order chi connectivity index (χ0) is 23.8. The molecule has 0 aliphatic rings. The van der Waals surface area contributed by atoms with Crippen LogP contribution in [0.15, 0.2) is 88.6 Å². The summed E-state index contributed by atoms with van der Waals surface area (Å²) in [6.07, 6.45) is 0.158. The number of carbonyl (C=O) groups is 2. The molecule has 0 saturated heterocycles. The minimum absolute atomic E-state index is 0.0156. The Labute approximate surface area is 206 Å². The average Bonchev–Trinajstić information content (AvgIpc) is 3.31. The number of thiazole rings is 1. The minimum Gasteiger partial charge on any atom is -0.497 e. The third-order valence-electron chi connectivity index (χ3n) is 4.73. The largest absolute Gasteiger partial charge is 0.497 e. The van der Waals surface area contributed by atoms with E-state index in [2.05, 4.69) is 10.3 Å². The molecule has 1 amide bonds. The van der Waals surface area contributed by atoms with E-state index in [0.29, 0.717) is 28.4 Å². The zero-order valence-electron chi connectivity index (χ0n) is 18.4. The van der Waals surface area contributed by atoms with Crippen LogP contribution in [-0.4, -0.2) is 29.5 Å². The van der Waals surface area contributed by atoms with Crippen molar-refractivity contribution < 1.29 is 19.1 Å². The number of hydrogen-bond donors (Lipinski definition) is 1. The first-order chi connectivity index (χ1) is 16.6. The van der Waals surface area contributed by atoms with Crippen molar-refractivity contribution in [3.63, 3.8) is 0 Å². The third-order valence-corrected chi connectivity index (χ3v) is 6.80.